The zero-order valence-corrected chi connectivity index (χ0v) is 58.8. The highest BCUT2D eigenvalue weighted by atomic mass is 14.3. The summed E-state index contributed by atoms with van der Waals surface area (Å²) in [4.78, 5) is 0. The predicted octanol–water partition coefficient (Wildman–Crippen LogP) is 27.4. The molecule has 0 heterocycles. The number of hydrogen-bond donors (Lipinski definition) is 0. The second-order valence-corrected chi connectivity index (χ2v) is 28.4. The number of aryl methyl sites for hydroxylation is 16. The van der Waals surface area contributed by atoms with Crippen molar-refractivity contribution in [1.82, 2.24) is 0 Å². The van der Waals surface area contributed by atoms with Gasteiger partial charge in [-0.3, -0.25) is 0 Å². The van der Waals surface area contributed by atoms with E-state index >= 15 is 0 Å². The van der Waals surface area contributed by atoms with E-state index in [0.29, 0.717) is 0 Å². The van der Waals surface area contributed by atoms with Crippen molar-refractivity contribution in [2.45, 2.75) is 111 Å². The first-order valence-electron chi connectivity index (χ1n) is 34.4. The maximum Gasteiger partial charge on any atom is -0.00139 e. The number of benzene rings is 16. The average molecular weight is 1240 g/mol. The van der Waals surface area contributed by atoms with Crippen molar-refractivity contribution in [2.75, 3.05) is 0 Å². The number of hydrogen-bond acceptors (Lipinski definition) is 0. The molecular weight excluding hydrogens is 1150 g/mol. The fourth-order valence-electron chi connectivity index (χ4n) is 15.5. The van der Waals surface area contributed by atoms with Gasteiger partial charge in [0.15, 0.2) is 0 Å². The first-order chi connectivity index (χ1) is 46.2. The molecule has 0 aliphatic rings. The minimum absolute atomic E-state index is 1.27. The lowest BCUT2D eigenvalue weighted by molar-refractivity contribution is 1.34. The van der Waals surface area contributed by atoms with E-state index in [1.54, 1.807) is 0 Å². The summed E-state index contributed by atoms with van der Waals surface area (Å²) in [6, 6.07) is 84.3. The Bertz CT molecular complexity index is 5430. The van der Waals surface area contributed by atoms with Crippen molar-refractivity contribution < 1.29 is 0 Å². The van der Waals surface area contributed by atoms with Gasteiger partial charge in [0.25, 0.3) is 0 Å². The molecule has 0 N–H and O–H groups in total. The third-order valence-electron chi connectivity index (χ3n) is 22.3. The summed E-state index contributed by atoms with van der Waals surface area (Å²) in [5.41, 5.74) is 41.7. The average Bonchev–Trinajstić information content (AvgIpc) is 0.713. The van der Waals surface area contributed by atoms with Crippen molar-refractivity contribution in [1.29, 1.82) is 0 Å². The monoisotopic (exact) mass is 1240 g/mol. The molecule has 0 aliphatic heterocycles. The molecule has 0 nitrogen and oxygen atoms in total. The lowest BCUT2D eigenvalue weighted by atomic mass is 9.80. The van der Waals surface area contributed by atoms with Crippen LogP contribution in [0.1, 0.15) is 89.0 Å². The van der Waals surface area contributed by atoms with Crippen LogP contribution in [-0.2, 0) is 0 Å². The van der Waals surface area contributed by atoms with Gasteiger partial charge in [-0.15, -0.1) is 0 Å². The maximum atomic E-state index is 2.47. The molecule has 0 aromatic heterocycles. The van der Waals surface area contributed by atoms with Crippen molar-refractivity contribution in [2.24, 2.45) is 0 Å². The van der Waals surface area contributed by atoms with E-state index in [1.807, 2.05) is 0 Å². The van der Waals surface area contributed by atoms with Crippen LogP contribution >= 0.6 is 0 Å². The van der Waals surface area contributed by atoms with Crippen LogP contribution in [0.3, 0.4) is 0 Å². The summed E-state index contributed by atoms with van der Waals surface area (Å²) in [5.74, 6) is 0. The predicted molar refractivity (Wildman–Crippen MR) is 420 cm³/mol. The Kier molecular flexibility index (Phi) is 15.3. The Morgan fingerprint density at radius 3 is 0.479 bits per heavy atom. The SMILES string of the molecule is Cc1ccc(-c2cc(-c3ccc(C)c(C)c3)c3ccc4c(-c5c(C)cccc5C)cc(-c5ccc(C)c(C)c5)c5ccc2c3c54)cc1C.Cc1ccc(-c2cc(-c3ccc(C)c(C)c3)c3ccc4c(-c5ccc(C)c(C)c5)cc(-c5ccc(C)c(C)c5)c5ccc2c3c54)cc1C. The molecule has 0 bridgehead atoms. The first-order valence-corrected chi connectivity index (χ1v) is 34.4. The number of rotatable bonds is 8. The first kappa shape index (κ1) is 61.8. The van der Waals surface area contributed by atoms with E-state index < -0.39 is 0 Å². The van der Waals surface area contributed by atoms with Gasteiger partial charge in [-0.25, -0.2) is 0 Å². The minimum atomic E-state index is 1.27. The second-order valence-electron chi connectivity index (χ2n) is 28.4. The molecule has 468 valence electrons. The van der Waals surface area contributed by atoms with Gasteiger partial charge in [-0.2, -0.15) is 0 Å². The highest BCUT2D eigenvalue weighted by Crippen LogP contribution is 2.52. The van der Waals surface area contributed by atoms with Gasteiger partial charge in [-0.1, -0.05) is 194 Å². The molecule has 0 heteroatoms. The highest BCUT2D eigenvalue weighted by molar-refractivity contribution is 6.34. The lowest BCUT2D eigenvalue weighted by Crippen LogP contribution is -1.96. The molecule has 16 rings (SSSR count). The smallest absolute Gasteiger partial charge is 0.00139 e. The lowest BCUT2D eigenvalue weighted by Gasteiger charge is -2.23. The Hall–Kier alpha value is -10.4. The van der Waals surface area contributed by atoms with Gasteiger partial charge in [0.05, 0.1) is 0 Å². The van der Waals surface area contributed by atoms with Crippen LogP contribution in [0.5, 0.6) is 0 Å². The second kappa shape index (κ2) is 23.8. The third kappa shape index (κ3) is 10.4. The Labute approximate surface area is 568 Å². The summed E-state index contributed by atoms with van der Waals surface area (Å²) in [6.45, 7) is 35.5. The zero-order chi connectivity index (χ0) is 66.9. The molecule has 0 aliphatic carbocycles. The molecular formula is C96H84. The van der Waals surface area contributed by atoms with Crippen molar-refractivity contribution in [3.05, 3.63) is 307 Å². The van der Waals surface area contributed by atoms with E-state index in [2.05, 4.69) is 329 Å². The Morgan fingerprint density at radius 2 is 0.302 bits per heavy atom. The van der Waals surface area contributed by atoms with Crippen LogP contribution in [-0.4, -0.2) is 0 Å². The summed E-state index contributed by atoms with van der Waals surface area (Å²) in [6.07, 6.45) is 0. The van der Waals surface area contributed by atoms with Crippen molar-refractivity contribution in [3.8, 4) is 89.0 Å². The van der Waals surface area contributed by atoms with Gasteiger partial charge in [-0.05, 0) is 378 Å². The molecule has 16 aromatic carbocycles. The Morgan fingerprint density at radius 1 is 0.135 bits per heavy atom. The molecule has 0 atom stereocenters. The maximum absolute atomic E-state index is 2.47. The van der Waals surface area contributed by atoms with Crippen molar-refractivity contribution in [3.63, 3.8) is 0 Å². The molecule has 96 heavy (non-hydrogen) atoms. The van der Waals surface area contributed by atoms with E-state index in [1.165, 1.54) is 243 Å². The summed E-state index contributed by atoms with van der Waals surface area (Å²) >= 11 is 0. The molecule has 0 saturated heterocycles. The zero-order valence-electron chi connectivity index (χ0n) is 58.8. The fourth-order valence-corrected chi connectivity index (χ4v) is 15.5. The third-order valence-corrected chi connectivity index (χ3v) is 22.3. The Balaban J connectivity index is 0.000000158. The standard InChI is InChI=1S/2C48H42/c1-27-9-13-35(21-31(27)5)43-25-44(36-14-10-28(2)32(6)22-36)40-19-20-42-46(38-16-12-30(4)34(8)24-38)26-45(37-15-11-29(3)33(7)23-37)41-18-17-39(43)47(40)48(41)42;1-27-12-15-35(22-32(27)6)42-25-43(36-16-13-28(2)33(7)23-36)39-20-21-41-45(46-30(4)10-9-11-31(46)5)26-44(37-17-14-29(3)34(8)24-37)40-19-18-38(42)47(39)48(40)41/h2*9-26H,1-8H3. The molecule has 0 fully saturated rings. The van der Waals surface area contributed by atoms with E-state index in [-0.39, 0.29) is 0 Å². The van der Waals surface area contributed by atoms with Crippen LogP contribution in [0, 0.1) is 111 Å². The van der Waals surface area contributed by atoms with Gasteiger partial charge < -0.3 is 0 Å². The van der Waals surface area contributed by atoms with E-state index in [0.717, 1.165) is 0 Å². The van der Waals surface area contributed by atoms with Crippen molar-refractivity contribution >= 4 is 64.6 Å². The summed E-state index contributed by atoms with van der Waals surface area (Å²) < 4.78 is 0. The van der Waals surface area contributed by atoms with E-state index in [9.17, 15) is 0 Å². The molecule has 0 saturated carbocycles. The quantitative estimate of drug-likeness (QED) is 0.133. The highest BCUT2D eigenvalue weighted by Gasteiger charge is 2.25. The normalized spacial score (nSPS) is 11.8. The van der Waals surface area contributed by atoms with E-state index in [4.69, 9.17) is 0 Å². The molecule has 0 unspecified atom stereocenters. The van der Waals surface area contributed by atoms with Crippen LogP contribution in [0.15, 0.2) is 218 Å². The van der Waals surface area contributed by atoms with Crippen LogP contribution < -0.4 is 0 Å². The summed E-state index contributed by atoms with van der Waals surface area (Å²) in [5, 5.41) is 15.9. The topological polar surface area (TPSA) is 0 Å². The molecule has 16 aromatic rings. The largest absolute Gasteiger partial charge is 0.0617 e. The molecule has 0 amide bonds. The summed E-state index contributed by atoms with van der Waals surface area (Å²) in [7, 11) is 0. The van der Waals surface area contributed by atoms with Crippen LogP contribution in [0.25, 0.3) is 154 Å². The molecule has 0 spiro atoms. The van der Waals surface area contributed by atoms with Crippen LogP contribution in [0.2, 0.25) is 0 Å². The fraction of sp³-hybridized carbons (Fsp3) is 0.167. The van der Waals surface area contributed by atoms with Gasteiger partial charge >= 0.3 is 0 Å². The minimum Gasteiger partial charge on any atom is -0.0617 e. The molecule has 0 radical (unpaired) electrons. The van der Waals surface area contributed by atoms with Gasteiger partial charge in [0, 0.05) is 0 Å². The van der Waals surface area contributed by atoms with Gasteiger partial charge in [0.2, 0.25) is 0 Å². The van der Waals surface area contributed by atoms with Crippen LogP contribution in [0.4, 0.5) is 0 Å². The van der Waals surface area contributed by atoms with Gasteiger partial charge in [0.1, 0.15) is 0 Å².